The predicted molar refractivity (Wildman–Crippen MR) is 150 cm³/mol. The molecule has 2 aromatic rings. The van der Waals surface area contributed by atoms with Crippen molar-refractivity contribution in [3.05, 3.63) is 71.3 Å². The number of nitrogens with two attached hydrogens (primary N) is 1. The van der Waals surface area contributed by atoms with Crippen LogP contribution in [0.3, 0.4) is 0 Å². The summed E-state index contributed by atoms with van der Waals surface area (Å²) in [6.07, 6.45) is 2.33. The minimum Gasteiger partial charge on any atom is -0.478 e. The summed E-state index contributed by atoms with van der Waals surface area (Å²) in [7, 11) is 0. The number of amides is 3. The van der Waals surface area contributed by atoms with Crippen molar-refractivity contribution >= 4 is 23.9 Å². The standard InChI is InChI=1S/C31H39N3O6/c1-31(2,3)40-30(39)33-17-19-13-15-21(16-14-19)28(36)34-18-24(22-11-7-8-12-23(22)29(37)38)25(26(34)27(32)35)20-9-5-4-6-10-20/h4-12,19,21,24-26H,13-18H2,1-3H3,(H2,32,35)(H,33,39)(H,37,38)/t19?,21?,24?,25-,26-/m1/s1. The van der Waals surface area contributed by atoms with E-state index in [-0.39, 0.29) is 29.9 Å². The van der Waals surface area contributed by atoms with Crippen LogP contribution in [0.4, 0.5) is 4.79 Å². The Balaban J connectivity index is 1.53. The van der Waals surface area contributed by atoms with Gasteiger partial charge < -0.3 is 25.8 Å². The van der Waals surface area contributed by atoms with Gasteiger partial charge in [-0.2, -0.15) is 0 Å². The number of nitrogens with one attached hydrogen (secondary N) is 1. The highest BCUT2D eigenvalue weighted by Gasteiger charge is 2.50. The molecule has 2 aromatic carbocycles. The molecule has 1 saturated heterocycles. The summed E-state index contributed by atoms with van der Waals surface area (Å²) in [5.41, 5.74) is 6.96. The number of carbonyl (C=O) groups excluding carboxylic acids is 3. The fraction of sp³-hybridized carbons (Fsp3) is 0.484. The molecule has 1 saturated carbocycles. The predicted octanol–water partition coefficient (Wildman–Crippen LogP) is 4.28. The number of primary amides is 1. The number of aromatic carboxylic acids is 1. The highest BCUT2D eigenvalue weighted by molar-refractivity contribution is 5.92. The first kappa shape index (κ1) is 29.1. The minimum atomic E-state index is -1.05. The zero-order valence-electron chi connectivity index (χ0n) is 23.3. The molecule has 40 heavy (non-hydrogen) atoms. The maximum Gasteiger partial charge on any atom is 0.407 e. The first-order chi connectivity index (χ1) is 19.0. The van der Waals surface area contributed by atoms with E-state index >= 15 is 0 Å². The molecule has 214 valence electrons. The lowest BCUT2D eigenvalue weighted by Gasteiger charge is -2.33. The zero-order chi connectivity index (χ0) is 29.0. The fourth-order valence-corrected chi connectivity index (χ4v) is 6.20. The molecule has 9 heteroatoms. The topological polar surface area (TPSA) is 139 Å². The number of alkyl carbamates (subject to hydrolysis) is 1. The first-order valence-electron chi connectivity index (χ1n) is 13.9. The molecule has 3 amide bonds. The zero-order valence-corrected chi connectivity index (χ0v) is 23.3. The molecule has 4 rings (SSSR count). The van der Waals surface area contributed by atoms with E-state index in [2.05, 4.69) is 5.32 Å². The number of ether oxygens (including phenoxy) is 1. The van der Waals surface area contributed by atoms with Crippen molar-refractivity contribution < 1.29 is 29.0 Å². The molecule has 0 aromatic heterocycles. The Kier molecular flexibility index (Phi) is 8.81. The molecule has 9 nitrogen and oxygen atoms in total. The van der Waals surface area contributed by atoms with Gasteiger partial charge in [-0.1, -0.05) is 48.5 Å². The number of nitrogens with zero attached hydrogens (tertiary/aromatic N) is 1. The van der Waals surface area contributed by atoms with Gasteiger partial charge in [0, 0.05) is 30.8 Å². The first-order valence-corrected chi connectivity index (χ1v) is 13.9. The van der Waals surface area contributed by atoms with Crippen molar-refractivity contribution in [3.8, 4) is 0 Å². The van der Waals surface area contributed by atoms with Crippen molar-refractivity contribution in [1.29, 1.82) is 0 Å². The molecule has 3 atom stereocenters. The van der Waals surface area contributed by atoms with E-state index in [1.165, 1.54) is 0 Å². The van der Waals surface area contributed by atoms with E-state index in [0.717, 1.165) is 18.4 Å². The van der Waals surface area contributed by atoms with E-state index in [1.54, 1.807) is 29.2 Å². The third-order valence-corrected chi connectivity index (χ3v) is 7.98. The molecule has 1 aliphatic carbocycles. The molecular formula is C31H39N3O6. The largest absolute Gasteiger partial charge is 0.478 e. The van der Waals surface area contributed by atoms with Crippen molar-refractivity contribution in [1.82, 2.24) is 10.2 Å². The van der Waals surface area contributed by atoms with Gasteiger partial charge in [0.1, 0.15) is 11.6 Å². The van der Waals surface area contributed by atoms with Gasteiger partial charge in [-0.05, 0) is 69.6 Å². The highest BCUT2D eigenvalue weighted by atomic mass is 16.6. The van der Waals surface area contributed by atoms with Crippen molar-refractivity contribution in [2.75, 3.05) is 13.1 Å². The summed E-state index contributed by atoms with van der Waals surface area (Å²) < 4.78 is 5.31. The number of carbonyl (C=O) groups is 4. The van der Waals surface area contributed by atoms with Gasteiger partial charge >= 0.3 is 12.1 Å². The Labute approximate surface area is 235 Å². The number of carboxylic acid groups (broad SMARTS) is 1. The Hall–Kier alpha value is -3.88. The Morgan fingerprint density at radius 3 is 2.20 bits per heavy atom. The smallest absolute Gasteiger partial charge is 0.407 e. The van der Waals surface area contributed by atoms with Gasteiger partial charge in [0.15, 0.2) is 0 Å². The summed E-state index contributed by atoms with van der Waals surface area (Å²) in [4.78, 5) is 52.6. The van der Waals surface area contributed by atoms with E-state index < -0.39 is 41.4 Å². The summed E-state index contributed by atoms with van der Waals surface area (Å²) in [6, 6.07) is 15.3. The van der Waals surface area contributed by atoms with E-state index in [9.17, 15) is 24.3 Å². The van der Waals surface area contributed by atoms with E-state index in [0.29, 0.717) is 24.9 Å². The molecule has 4 N–H and O–H groups in total. The number of hydrogen-bond acceptors (Lipinski definition) is 5. The molecule has 0 spiro atoms. The van der Waals surface area contributed by atoms with Crippen LogP contribution in [0.25, 0.3) is 0 Å². The molecule has 2 fully saturated rings. The quantitative estimate of drug-likeness (QED) is 0.471. The van der Waals surface area contributed by atoms with Crippen LogP contribution >= 0.6 is 0 Å². The number of hydrogen-bond donors (Lipinski definition) is 3. The van der Waals surface area contributed by atoms with Crippen LogP contribution in [-0.2, 0) is 14.3 Å². The summed E-state index contributed by atoms with van der Waals surface area (Å²) in [6.45, 7) is 6.13. The minimum absolute atomic E-state index is 0.126. The van der Waals surface area contributed by atoms with Gasteiger partial charge in [0.2, 0.25) is 11.8 Å². The molecule has 0 bridgehead atoms. The maximum absolute atomic E-state index is 13.9. The normalized spacial score (nSPS) is 24.8. The van der Waals surface area contributed by atoms with Crippen LogP contribution in [-0.4, -0.2) is 58.6 Å². The second-order valence-corrected chi connectivity index (χ2v) is 11.9. The molecule has 1 unspecified atom stereocenters. The average Bonchev–Trinajstić information content (AvgIpc) is 3.32. The Morgan fingerprint density at radius 2 is 1.60 bits per heavy atom. The third-order valence-electron chi connectivity index (χ3n) is 7.98. The van der Waals surface area contributed by atoms with Gasteiger partial charge in [0.25, 0.3) is 0 Å². The van der Waals surface area contributed by atoms with Gasteiger partial charge in [0.05, 0.1) is 5.56 Å². The summed E-state index contributed by atoms with van der Waals surface area (Å²) in [5.74, 6) is -2.71. The Bertz CT molecular complexity index is 1230. The lowest BCUT2D eigenvalue weighted by atomic mass is 9.78. The van der Waals surface area contributed by atoms with Crippen molar-refractivity contribution in [2.24, 2.45) is 17.6 Å². The van der Waals surface area contributed by atoms with Gasteiger partial charge in [-0.3, -0.25) is 9.59 Å². The fourth-order valence-electron chi connectivity index (χ4n) is 6.20. The number of rotatable bonds is 7. The average molecular weight is 550 g/mol. The van der Waals surface area contributed by atoms with Crippen LogP contribution in [0.5, 0.6) is 0 Å². The van der Waals surface area contributed by atoms with Crippen LogP contribution in [0.15, 0.2) is 54.6 Å². The van der Waals surface area contributed by atoms with Gasteiger partial charge in [-0.15, -0.1) is 0 Å². The number of benzene rings is 2. The third kappa shape index (κ3) is 6.63. The Morgan fingerprint density at radius 1 is 0.975 bits per heavy atom. The lowest BCUT2D eigenvalue weighted by molar-refractivity contribution is -0.142. The molecular weight excluding hydrogens is 510 g/mol. The van der Waals surface area contributed by atoms with Crippen LogP contribution in [0, 0.1) is 11.8 Å². The van der Waals surface area contributed by atoms with E-state index in [1.807, 2.05) is 51.1 Å². The molecule has 1 heterocycles. The monoisotopic (exact) mass is 549 g/mol. The molecule has 0 radical (unpaired) electrons. The van der Waals surface area contributed by atoms with E-state index in [4.69, 9.17) is 10.5 Å². The lowest BCUT2D eigenvalue weighted by Crippen LogP contribution is -2.48. The van der Waals surface area contributed by atoms with Crippen molar-refractivity contribution in [2.45, 2.75) is 69.9 Å². The SMILES string of the molecule is CC(C)(C)OC(=O)NCC1CCC(C(=O)N2CC(c3ccccc3C(=O)O)[C@@H](c3ccccc3)[C@@H]2C(N)=O)CC1. The maximum atomic E-state index is 13.9. The van der Waals surface area contributed by atoms with Crippen LogP contribution in [0.1, 0.15) is 79.8 Å². The van der Waals surface area contributed by atoms with Gasteiger partial charge in [-0.25, -0.2) is 9.59 Å². The van der Waals surface area contributed by atoms with Crippen LogP contribution in [0.2, 0.25) is 0 Å². The second-order valence-electron chi connectivity index (χ2n) is 11.9. The second kappa shape index (κ2) is 12.1. The number of carboxylic acids is 1. The highest BCUT2D eigenvalue weighted by Crippen LogP contribution is 2.46. The molecule has 2 aliphatic rings. The van der Waals surface area contributed by atoms with Crippen LogP contribution < -0.4 is 11.1 Å². The number of likely N-dealkylation sites (tertiary alicyclic amines) is 1. The van der Waals surface area contributed by atoms with Crippen molar-refractivity contribution in [3.63, 3.8) is 0 Å². The summed E-state index contributed by atoms with van der Waals surface area (Å²) in [5, 5.41) is 12.7. The molecule has 1 aliphatic heterocycles. The summed E-state index contributed by atoms with van der Waals surface area (Å²) >= 11 is 0.